The number of hydrogen-bond donors (Lipinski definition) is 2. The Labute approximate surface area is 68.0 Å². The molecule has 1 heterocycles. The number of rotatable bonds is 2. The van der Waals surface area contributed by atoms with Gasteiger partial charge in [-0.1, -0.05) is 0 Å². The molecule has 0 aromatic heterocycles. The van der Waals surface area contributed by atoms with Crippen molar-refractivity contribution in [2.75, 3.05) is 19.7 Å². The Bertz CT molecular complexity index is 140. The maximum atomic E-state index is 8.77. The first-order valence-corrected chi connectivity index (χ1v) is 4.69. The normalized spacial score (nSPS) is 42.8. The second-order valence-electron chi connectivity index (χ2n) is 4.06. The van der Waals surface area contributed by atoms with Gasteiger partial charge in [0.2, 0.25) is 0 Å². The van der Waals surface area contributed by atoms with Crippen molar-refractivity contribution >= 4 is 0 Å². The van der Waals surface area contributed by atoms with Gasteiger partial charge < -0.3 is 10.4 Å². The van der Waals surface area contributed by atoms with Crippen LogP contribution in [0, 0.1) is 11.3 Å². The molecule has 2 heteroatoms. The third-order valence-corrected chi connectivity index (χ3v) is 3.34. The van der Waals surface area contributed by atoms with E-state index in [9.17, 15) is 0 Å². The molecule has 2 atom stereocenters. The van der Waals surface area contributed by atoms with Crippen molar-refractivity contribution in [2.24, 2.45) is 11.3 Å². The highest BCUT2D eigenvalue weighted by Gasteiger charge is 2.52. The van der Waals surface area contributed by atoms with Gasteiger partial charge in [-0.2, -0.15) is 0 Å². The van der Waals surface area contributed by atoms with E-state index < -0.39 is 0 Å². The molecule has 0 aromatic carbocycles. The Morgan fingerprint density at radius 3 is 3.09 bits per heavy atom. The van der Waals surface area contributed by atoms with Crippen LogP contribution in [0.3, 0.4) is 0 Å². The quantitative estimate of drug-likeness (QED) is 0.617. The van der Waals surface area contributed by atoms with Crippen molar-refractivity contribution in [3.05, 3.63) is 0 Å². The molecule has 0 aromatic rings. The lowest BCUT2D eigenvalue weighted by Crippen LogP contribution is -2.32. The van der Waals surface area contributed by atoms with E-state index >= 15 is 0 Å². The molecular formula is C9H17NO. The molecule has 0 radical (unpaired) electrons. The number of piperidine rings is 1. The predicted molar refractivity (Wildman–Crippen MR) is 44.3 cm³/mol. The maximum absolute atomic E-state index is 8.77. The van der Waals surface area contributed by atoms with Gasteiger partial charge in [-0.25, -0.2) is 0 Å². The van der Waals surface area contributed by atoms with Crippen LogP contribution in [-0.4, -0.2) is 24.8 Å². The summed E-state index contributed by atoms with van der Waals surface area (Å²) >= 11 is 0. The predicted octanol–water partition coefficient (Wildman–Crippen LogP) is 0.758. The number of aliphatic hydroxyl groups is 1. The van der Waals surface area contributed by atoms with Gasteiger partial charge in [0.15, 0.2) is 0 Å². The largest absolute Gasteiger partial charge is 0.396 e. The Balaban J connectivity index is 1.84. The topological polar surface area (TPSA) is 32.3 Å². The lowest BCUT2D eigenvalue weighted by molar-refractivity contribution is 0.253. The van der Waals surface area contributed by atoms with Gasteiger partial charge in [0.25, 0.3) is 0 Å². The average Bonchev–Trinajstić information content (AvgIpc) is 2.66. The summed E-state index contributed by atoms with van der Waals surface area (Å²) in [6.07, 6.45) is 5.12. The molecule has 1 saturated heterocycles. The second kappa shape index (κ2) is 2.76. The van der Waals surface area contributed by atoms with Gasteiger partial charge in [0, 0.05) is 13.2 Å². The van der Waals surface area contributed by atoms with Crippen molar-refractivity contribution < 1.29 is 5.11 Å². The molecule has 2 N–H and O–H groups in total. The molecule has 64 valence electrons. The summed E-state index contributed by atoms with van der Waals surface area (Å²) < 4.78 is 0. The van der Waals surface area contributed by atoms with E-state index in [1.165, 1.54) is 32.4 Å². The van der Waals surface area contributed by atoms with Gasteiger partial charge in [-0.05, 0) is 43.6 Å². The molecule has 2 nitrogen and oxygen atoms in total. The van der Waals surface area contributed by atoms with E-state index in [-0.39, 0.29) is 0 Å². The van der Waals surface area contributed by atoms with Gasteiger partial charge in [0.05, 0.1) is 0 Å². The van der Waals surface area contributed by atoms with Crippen molar-refractivity contribution in [1.29, 1.82) is 0 Å². The molecule has 2 aliphatic rings. The molecule has 1 aliphatic heterocycles. The smallest absolute Gasteiger partial charge is 0.0433 e. The van der Waals surface area contributed by atoms with E-state index in [0.717, 1.165) is 12.3 Å². The van der Waals surface area contributed by atoms with Crippen LogP contribution >= 0.6 is 0 Å². The van der Waals surface area contributed by atoms with Crippen LogP contribution in [0.1, 0.15) is 25.7 Å². The molecule has 0 amide bonds. The second-order valence-corrected chi connectivity index (χ2v) is 4.06. The molecular weight excluding hydrogens is 138 g/mol. The molecule has 0 bridgehead atoms. The minimum Gasteiger partial charge on any atom is -0.396 e. The summed E-state index contributed by atoms with van der Waals surface area (Å²) in [7, 11) is 0. The van der Waals surface area contributed by atoms with E-state index in [1.807, 2.05) is 0 Å². The van der Waals surface area contributed by atoms with E-state index in [1.54, 1.807) is 0 Å². The summed E-state index contributed by atoms with van der Waals surface area (Å²) in [5.74, 6) is 0.834. The zero-order valence-electron chi connectivity index (χ0n) is 6.97. The maximum Gasteiger partial charge on any atom is 0.0433 e. The van der Waals surface area contributed by atoms with Crippen LogP contribution in [0.2, 0.25) is 0 Å². The molecule has 2 fully saturated rings. The van der Waals surface area contributed by atoms with Crippen molar-refractivity contribution in [3.63, 3.8) is 0 Å². The standard InChI is InChI=1S/C9H17NO/c11-5-2-8-6-9(8)3-1-4-10-7-9/h8,10-11H,1-7H2. The minimum atomic E-state index is 0.381. The minimum absolute atomic E-state index is 0.381. The highest BCUT2D eigenvalue weighted by atomic mass is 16.3. The number of hydrogen-bond acceptors (Lipinski definition) is 2. The lowest BCUT2D eigenvalue weighted by Gasteiger charge is -2.23. The fourth-order valence-corrected chi connectivity index (χ4v) is 2.51. The first kappa shape index (κ1) is 7.56. The molecule has 11 heavy (non-hydrogen) atoms. The van der Waals surface area contributed by atoms with Crippen molar-refractivity contribution in [3.8, 4) is 0 Å². The summed E-state index contributed by atoms with van der Waals surface area (Å²) in [5.41, 5.74) is 0.626. The molecule has 1 saturated carbocycles. The summed E-state index contributed by atoms with van der Waals surface area (Å²) in [6.45, 7) is 2.79. The third kappa shape index (κ3) is 1.30. The molecule has 2 rings (SSSR count). The highest BCUT2D eigenvalue weighted by Crippen LogP contribution is 2.57. The van der Waals surface area contributed by atoms with E-state index in [0.29, 0.717) is 12.0 Å². The fourth-order valence-electron chi connectivity index (χ4n) is 2.51. The van der Waals surface area contributed by atoms with Crippen LogP contribution < -0.4 is 5.32 Å². The van der Waals surface area contributed by atoms with Crippen LogP contribution in [0.15, 0.2) is 0 Å². The third-order valence-electron chi connectivity index (χ3n) is 3.34. The van der Waals surface area contributed by atoms with Crippen molar-refractivity contribution in [2.45, 2.75) is 25.7 Å². The Morgan fingerprint density at radius 2 is 2.45 bits per heavy atom. The van der Waals surface area contributed by atoms with Crippen LogP contribution in [0.4, 0.5) is 0 Å². The average molecular weight is 155 g/mol. The lowest BCUT2D eigenvalue weighted by atomic mass is 9.93. The van der Waals surface area contributed by atoms with Gasteiger partial charge in [0.1, 0.15) is 0 Å². The summed E-state index contributed by atoms with van der Waals surface area (Å²) in [4.78, 5) is 0. The Morgan fingerprint density at radius 1 is 1.55 bits per heavy atom. The highest BCUT2D eigenvalue weighted by molar-refractivity contribution is 5.04. The zero-order chi connectivity index (χ0) is 7.73. The van der Waals surface area contributed by atoms with Crippen molar-refractivity contribution in [1.82, 2.24) is 5.32 Å². The van der Waals surface area contributed by atoms with Gasteiger partial charge in [-0.3, -0.25) is 0 Å². The summed E-state index contributed by atoms with van der Waals surface area (Å²) in [6, 6.07) is 0. The van der Waals surface area contributed by atoms with Gasteiger partial charge in [-0.15, -0.1) is 0 Å². The zero-order valence-corrected chi connectivity index (χ0v) is 6.97. The van der Waals surface area contributed by atoms with E-state index in [2.05, 4.69) is 5.32 Å². The summed E-state index contributed by atoms with van der Waals surface area (Å²) in [5, 5.41) is 12.2. The Hall–Kier alpha value is -0.0800. The molecule has 2 unspecified atom stereocenters. The van der Waals surface area contributed by atoms with Crippen LogP contribution in [-0.2, 0) is 0 Å². The van der Waals surface area contributed by atoms with Gasteiger partial charge >= 0.3 is 0 Å². The first-order chi connectivity index (χ1) is 5.37. The number of aliphatic hydroxyl groups excluding tert-OH is 1. The van der Waals surface area contributed by atoms with Crippen LogP contribution in [0.25, 0.3) is 0 Å². The fraction of sp³-hybridized carbons (Fsp3) is 1.00. The molecule has 1 aliphatic carbocycles. The SMILES string of the molecule is OCCC1CC12CCCNC2. The van der Waals surface area contributed by atoms with Crippen LogP contribution in [0.5, 0.6) is 0 Å². The first-order valence-electron chi connectivity index (χ1n) is 4.69. The number of nitrogens with one attached hydrogen (secondary N) is 1. The molecule has 1 spiro atoms. The van der Waals surface area contributed by atoms with E-state index in [4.69, 9.17) is 5.11 Å². The monoisotopic (exact) mass is 155 g/mol. The Kier molecular flexibility index (Phi) is 1.90.